The van der Waals surface area contributed by atoms with Crippen molar-refractivity contribution < 1.29 is 14.1 Å². The second-order valence-corrected chi connectivity index (χ2v) is 9.71. The summed E-state index contributed by atoms with van der Waals surface area (Å²) in [5, 5.41) is 14.9. The van der Waals surface area contributed by atoms with E-state index in [0.29, 0.717) is 23.5 Å². The van der Waals surface area contributed by atoms with Crippen LogP contribution in [-0.2, 0) is 4.79 Å². The van der Waals surface area contributed by atoms with Crippen LogP contribution in [0.2, 0.25) is 0 Å². The lowest BCUT2D eigenvalue weighted by atomic mass is 10.1. The topological polar surface area (TPSA) is 97.7 Å². The zero-order chi connectivity index (χ0) is 19.4. The number of aryl methyl sites for hydroxylation is 1. The molecule has 3 rings (SSSR count). The number of carbonyl (C=O) groups excluding carboxylic acids is 1. The Labute approximate surface area is 165 Å². The van der Waals surface area contributed by atoms with Crippen molar-refractivity contribution in [3.05, 3.63) is 51.8 Å². The van der Waals surface area contributed by atoms with Crippen molar-refractivity contribution in [2.24, 2.45) is 5.10 Å². The third-order valence-corrected chi connectivity index (χ3v) is 7.38. The number of hydrogen-bond acceptors (Lipinski definition) is 7. The van der Waals surface area contributed by atoms with Crippen LogP contribution in [0.25, 0.3) is 11.3 Å². The molecular formula is C18H19N3O4S2. The maximum absolute atomic E-state index is 12.0. The maximum Gasteiger partial charge on any atom is 0.270 e. The number of furan rings is 1. The average molecular weight is 406 g/mol. The van der Waals surface area contributed by atoms with Crippen LogP contribution in [0, 0.1) is 17.0 Å². The molecular weight excluding hydrogens is 386 g/mol. The highest BCUT2D eigenvalue weighted by atomic mass is 32.2. The van der Waals surface area contributed by atoms with Crippen molar-refractivity contribution in [2.45, 2.75) is 24.3 Å². The highest BCUT2D eigenvalue weighted by Gasteiger charge is 2.32. The molecule has 27 heavy (non-hydrogen) atoms. The molecule has 1 aliphatic rings. The molecule has 0 spiro atoms. The molecule has 1 N–H and O–H groups in total. The molecule has 9 heteroatoms. The van der Waals surface area contributed by atoms with Crippen LogP contribution in [0.5, 0.6) is 0 Å². The molecule has 0 saturated carbocycles. The third kappa shape index (κ3) is 4.92. The van der Waals surface area contributed by atoms with Gasteiger partial charge in [0.2, 0.25) is 5.91 Å². The monoisotopic (exact) mass is 405 g/mol. The molecule has 0 aliphatic carbocycles. The fourth-order valence-electron chi connectivity index (χ4n) is 2.71. The molecule has 2 aromatic rings. The number of carbonyl (C=O) groups is 1. The van der Waals surface area contributed by atoms with Gasteiger partial charge in [-0.15, -0.1) is 23.5 Å². The SMILES string of the molecule is Cc1ccc([N+](=O)[O-])cc1-c1ccc(/C=N\NC(=O)CC2(C)SCCS2)o1. The molecule has 0 bridgehead atoms. The van der Waals surface area contributed by atoms with Gasteiger partial charge in [0.05, 0.1) is 21.6 Å². The number of nitrogens with zero attached hydrogens (tertiary/aromatic N) is 2. The molecule has 0 radical (unpaired) electrons. The number of rotatable bonds is 6. The van der Waals surface area contributed by atoms with E-state index in [1.165, 1.54) is 18.3 Å². The van der Waals surface area contributed by atoms with E-state index in [0.717, 1.165) is 17.1 Å². The Morgan fingerprint density at radius 2 is 2.11 bits per heavy atom. The highest BCUT2D eigenvalue weighted by Crippen LogP contribution is 2.45. The second kappa shape index (κ2) is 8.18. The van der Waals surface area contributed by atoms with Gasteiger partial charge in [-0.05, 0) is 31.5 Å². The lowest BCUT2D eigenvalue weighted by molar-refractivity contribution is -0.384. The van der Waals surface area contributed by atoms with Crippen molar-refractivity contribution in [1.82, 2.24) is 5.43 Å². The zero-order valence-electron chi connectivity index (χ0n) is 14.9. The van der Waals surface area contributed by atoms with Crippen LogP contribution >= 0.6 is 23.5 Å². The molecule has 1 fully saturated rings. The molecule has 0 unspecified atom stereocenters. The number of amides is 1. The van der Waals surface area contributed by atoms with E-state index in [4.69, 9.17) is 4.42 Å². The summed E-state index contributed by atoms with van der Waals surface area (Å²) in [6.45, 7) is 3.92. The number of nitro groups is 1. The Kier molecular flexibility index (Phi) is 5.91. The van der Waals surface area contributed by atoms with Gasteiger partial charge in [0.15, 0.2) is 0 Å². The number of nitrogens with one attached hydrogen (secondary N) is 1. The van der Waals surface area contributed by atoms with E-state index < -0.39 is 4.92 Å². The first-order valence-corrected chi connectivity index (χ1v) is 10.3. The normalized spacial score (nSPS) is 15.9. The summed E-state index contributed by atoms with van der Waals surface area (Å²) in [6.07, 6.45) is 1.82. The minimum absolute atomic E-state index is 0.00521. The van der Waals surface area contributed by atoms with Crippen molar-refractivity contribution >= 4 is 41.3 Å². The Morgan fingerprint density at radius 3 is 2.81 bits per heavy atom. The van der Waals surface area contributed by atoms with Gasteiger partial charge in [-0.25, -0.2) is 5.43 Å². The van der Waals surface area contributed by atoms with Gasteiger partial charge in [0, 0.05) is 29.2 Å². The number of hydrazone groups is 1. The summed E-state index contributed by atoms with van der Waals surface area (Å²) in [6, 6.07) is 8.05. The van der Waals surface area contributed by atoms with E-state index in [2.05, 4.69) is 17.5 Å². The number of non-ortho nitro benzene ring substituents is 1. The summed E-state index contributed by atoms with van der Waals surface area (Å²) in [5.41, 5.74) is 4.04. The van der Waals surface area contributed by atoms with Gasteiger partial charge in [0.25, 0.3) is 5.69 Å². The highest BCUT2D eigenvalue weighted by molar-refractivity contribution is 8.21. The minimum Gasteiger partial charge on any atom is -0.455 e. The molecule has 1 aromatic carbocycles. The van der Waals surface area contributed by atoms with Gasteiger partial charge in [-0.1, -0.05) is 6.07 Å². The van der Waals surface area contributed by atoms with Gasteiger partial charge in [-0.3, -0.25) is 14.9 Å². The van der Waals surface area contributed by atoms with E-state index in [9.17, 15) is 14.9 Å². The molecule has 1 aliphatic heterocycles. The lowest BCUT2D eigenvalue weighted by Crippen LogP contribution is -2.26. The standard InChI is InChI=1S/C18H19N3O4S2/c1-12-3-4-13(21(23)24)9-15(12)16-6-5-14(25-16)11-19-20-17(22)10-18(2)26-7-8-27-18/h3-6,9,11H,7-8,10H2,1-2H3,(H,20,22)/b19-11-. The lowest BCUT2D eigenvalue weighted by Gasteiger charge is -2.19. The number of nitro benzene ring substituents is 1. The fourth-order valence-corrected chi connectivity index (χ4v) is 5.54. The summed E-state index contributed by atoms with van der Waals surface area (Å²) in [5.74, 6) is 2.94. The van der Waals surface area contributed by atoms with Crippen LogP contribution in [0.3, 0.4) is 0 Å². The van der Waals surface area contributed by atoms with Gasteiger partial charge < -0.3 is 4.42 Å². The Hall–Kier alpha value is -2.26. The Balaban J connectivity index is 1.64. The van der Waals surface area contributed by atoms with Gasteiger partial charge in [0.1, 0.15) is 11.5 Å². The van der Waals surface area contributed by atoms with Gasteiger partial charge >= 0.3 is 0 Å². The third-order valence-electron chi connectivity index (χ3n) is 4.09. The molecule has 0 atom stereocenters. The molecule has 7 nitrogen and oxygen atoms in total. The van der Waals surface area contributed by atoms with Crippen molar-refractivity contribution in [1.29, 1.82) is 0 Å². The number of hydrogen-bond donors (Lipinski definition) is 1. The number of benzene rings is 1. The van der Waals surface area contributed by atoms with E-state index >= 15 is 0 Å². The molecule has 1 amide bonds. The van der Waals surface area contributed by atoms with E-state index in [-0.39, 0.29) is 15.7 Å². The maximum atomic E-state index is 12.0. The average Bonchev–Trinajstić information content (AvgIpc) is 3.24. The predicted octanol–water partition coefficient (Wildman–Crippen LogP) is 4.20. The van der Waals surface area contributed by atoms with Crippen LogP contribution in [0.15, 0.2) is 39.9 Å². The molecule has 1 aromatic heterocycles. The van der Waals surface area contributed by atoms with Crippen LogP contribution in [0.4, 0.5) is 5.69 Å². The summed E-state index contributed by atoms with van der Waals surface area (Å²) in [7, 11) is 0. The quantitative estimate of drug-likeness (QED) is 0.439. The first-order chi connectivity index (χ1) is 12.9. The molecule has 1 saturated heterocycles. The van der Waals surface area contributed by atoms with Gasteiger partial charge in [-0.2, -0.15) is 5.10 Å². The number of thioether (sulfide) groups is 2. The van der Waals surface area contributed by atoms with Crippen molar-refractivity contribution in [3.8, 4) is 11.3 Å². The smallest absolute Gasteiger partial charge is 0.270 e. The van der Waals surface area contributed by atoms with Crippen molar-refractivity contribution in [3.63, 3.8) is 0 Å². The Bertz CT molecular complexity index is 888. The minimum atomic E-state index is -0.439. The Morgan fingerprint density at radius 1 is 1.37 bits per heavy atom. The predicted molar refractivity (Wildman–Crippen MR) is 109 cm³/mol. The van der Waals surface area contributed by atoms with Crippen LogP contribution < -0.4 is 5.43 Å². The fraction of sp³-hybridized carbons (Fsp3) is 0.333. The second-order valence-electron chi connectivity index (χ2n) is 6.26. The summed E-state index contributed by atoms with van der Waals surface area (Å²) < 4.78 is 5.60. The van der Waals surface area contributed by atoms with Crippen LogP contribution in [-0.4, -0.2) is 32.6 Å². The zero-order valence-corrected chi connectivity index (χ0v) is 16.6. The molecule has 2 heterocycles. The van der Waals surface area contributed by atoms with E-state index in [1.54, 1.807) is 41.7 Å². The van der Waals surface area contributed by atoms with Crippen LogP contribution in [0.1, 0.15) is 24.7 Å². The van der Waals surface area contributed by atoms with E-state index in [1.807, 2.05) is 6.92 Å². The first-order valence-electron chi connectivity index (χ1n) is 8.31. The first kappa shape index (κ1) is 19.5. The summed E-state index contributed by atoms with van der Waals surface area (Å²) >= 11 is 3.58. The largest absolute Gasteiger partial charge is 0.455 e. The summed E-state index contributed by atoms with van der Waals surface area (Å²) in [4.78, 5) is 22.5. The van der Waals surface area contributed by atoms with Crippen molar-refractivity contribution in [2.75, 3.05) is 11.5 Å². The molecule has 142 valence electrons.